The van der Waals surface area contributed by atoms with Crippen LogP contribution in [0.4, 0.5) is 78.8 Å². The lowest BCUT2D eigenvalue weighted by molar-refractivity contribution is -0.114. The Balaban J connectivity index is 0.000000192. The van der Waals surface area contributed by atoms with E-state index < -0.39 is 62.4 Å². The third-order valence-electron chi connectivity index (χ3n) is 10.1. The number of anilines is 10. The summed E-state index contributed by atoms with van der Waals surface area (Å²) in [7, 11) is -3.46. The summed E-state index contributed by atoms with van der Waals surface area (Å²) in [5.41, 5.74) is 26.8. The molecule has 8 aromatic rings. The minimum Gasteiger partial charge on any atom is -0.399 e. The SMILES string of the molecule is CC(=O)Nc1ccccc1C(=O)Nc1ccc(N)cc1.CS(=O)(=O)Nc1ccccc1C(=O)Nc1ccc(N)cc1.Nc1ccc(NC(=O)c2ccc(F)c(F)c2F)cc1.Nc1ccccc1NC(=O)c1ccc(F)cc1F. The molecule has 0 unspecified atom stereocenters. The summed E-state index contributed by atoms with van der Waals surface area (Å²) >= 11 is 0. The van der Waals surface area contributed by atoms with E-state index in [1.807, 2.05) is 0 Å². The zero-order valence-electron chi connectivity index (χ0n) is 41.2. The largest absolute Gasteiger partial charge is 0.399 e. The molecular weight excluding hydrogens is 1040 g/mol. The van der Waals surface area contributed by atoms with E-state index >= 15 is 0 Å². The molecule has 0 fully saturated rings. The number of benzene rings is 8. The standard InChI is InChI=1S/C15H15N3O2.C14H15N3O3S.C13H9F3N2O.C13H10F2N2O/c1-10(19)17-14-5-3-2-4-13(14)15(20)18-12-8-6-11(16)7-9-12;1-21(19,20)17-13-5-3-2-4-12(13)14(18)16-11-8-6-10(15)7-9-11;14-10-6-5-9(11(15)12(10)16)13(19)18-8-3-1-7(17)2-4-8;14-8-5-6-9(10(15)7-8)13(18)17-12-4-2-1-3-11(12)16/h2-9H,16H2,1H3,(H,17,19)(H,18,20);2-9,17H,15H2,1H3,(H,16,18);1-6H,17H2,(H,18,19);1-7H,16H2,(H,17,18). The van der Waals surface area contributed by atoms with Crippen LogP contribution in [0, 0.1) is 29.1 Å². The van der Waals surface area contributed by atoms with Crippen molar-refractivity contribution in [2.75, 3.05) is 60.5 Å². The Bertz CT molecular complexity index is 3560. The van der Waals surface area contributed by atoms with Gasteiger partial charge in [0.25, 0.3) is 23.6 Å². The van der Waals surface area contributed by atoms with E-state index in [-0.39, 0.29) is 28.6 Å². The molecule has 0 heterocycles. The fourth-order valence-electron chi connectivity index (χ4n) is 6.42. The number of amides is 5. The summed E-state index contributed by atoms with van der Waals surface area (Å²) in [6, 6.07) is 43.7. The molecule has 0 radical (unpaired) electrons. The molecule has 0 aliphatic rings. The first kappa shape index (κ1) is 58.6. The first-order valence-corrected chi connectivity index (χ1v) is 24.6. The number of rotatable bonds is 11. The second kappa shape index (κ2) is 27.3. The Kier molecular flexibility index (Phi) is 20.5. The normalized spacial score (nSPS) is 10.3. The molecule has 0 aliphatic heterocycles. The van der Waals surface area contributed by atoms with E-state index in [0.29, 0.717) is 68.9 Å². The van der Waals surface area contributed by atoms with Gasteiger partial charge >= 0.3 is 0 Å². The third kappa shape index (κ3) is 18.0. The number of carbonyl (C=O) groups excluding carboxylic acids is 5. The third-order valence-corrected chi connectivity index (χ3v) is 10.7. The number of sulfonamides is 1. The van der Waals surface area contributed by atoms with Crippen molar-refractivity contribution < 1.29 is 54.3 Å². The first-order chi connectivity index (χ1) is 37.0. The van der Waals surface area contributed by atoms with Crippen molar-refractivity contribution in [1.29, 1.82) is 0 Å². The summed E-state index contributed by atoms with van der Waals surface area (Å²) in [6.07, 6.45) is 1.03. The van der Waals surface area contributed by atoms with Crippen molar-refractivity contribution in [3.05, 3.63) is 227 Å². The molecule has 0 saturated heterocycles. The number of para-hydroxylation sites is 4. The minimum absolute atomic E-state index is 0.224. The van der Waals surface area contributed by atoms with E-state index in [9.17, 15) is 54.3 Å². The average molecular weight is 1090 g/mol. The molecule has 23 heteroatoms. The molecule has 8 aromatic carbocycles. The Morgan fingerprint density at radius 2 is 0.795 bits per heavy atom. The summed E-state index contributed by atoms with van der Waals surface area (Å²) in [5, 5.41) is 12.9. The van der Waals surface area contributed by atoms with Gasteiger partial charge < -0.3 is 49.5 Å². The van der Waals surface area contributed by atoms with E-state index in [0.717, 1.165) is 24.5 Å². The highest BCUT2D eigenvalue weighted by molar-refractivity contribution is 7.92. The molecule has 402 valence electrons. The van der Waals surface area contributed by atoms with Crippen LogP contribution >= 0.6 is 0 Å². The van der Waals surface area contributed by atoms with Gasteiger partial charge in [-0.25, -0.2) is 30.4 Å². The smallest absolute Gasteiger partial charge is 0.258 e. The topological polar surface area (TPSA) is 296 Å². The van der Waals surface area contributed by atoms with Gasteiger partial charge in [0.2, 0.25) is 15.9 Å². The van der Waals surface area contributed by atoms with E-state index in [1.54, 1.807) is 115 Å². The minimum atomic E-state index is -3.46. The van der Waals surface area contributed by atoms with Crippen LogP contribution in [0.5, 0.6) is 0 Å². The molecule has 17 nitrogen and oxygen atoms in total. The van der Waals surface area contributed by atoms with Gasteiger partial charge in [-0.3, -0.25) is 28.7 Å². The van der Waals surface area contributed by atoms with Crippen LogP contribution in [0.2, 0.25) is 0 Å². The Morgan fingerprint density at radius 3 is 1.24 bits per heavy atom. The van der Waals surface area contributed by atoms with E-state index in [1.165, 1.54) is 37.3 Å². The number of nitrogens with two attached hydrogens (primary N) is 4. The summed E-state index contributed by atoms with van der Waals surface area (Å²) in [4.78, 5) is 59.0. The number of nitrogens with one attached hydrogen (secondary N) is 6. The highest BCUT2D eigenvalue weighted by atomic mass is 32.2. The number of nitrogen functional groups attached to an aromatic ring is 4. The van der Waals surface area contributed by atoms with Gasteiger partial charge in [-0.05, 0) is 133 Å². The van der Waals surface area contributed by atoms with E-state index in [2.05, 4.69) is 31.3 Å². The van der Waals surface area contributed by atoms with Gasteiger partial charge in [-0.2, -0.15) is 0 Å². The number of hydrogen-bond acceptors (Lipinski definition) is 11. The Hall–Kier alpha value is -10.3. The van der Waals surface area contributed by atoms with Gasteiger partial charge in [0.15, 0.2) is 17.5 Å². The van der Waals surface area contributed by atoms with E-state index in [4.69, 9.17) is 22.9 Å². The maximum absolute atomic E-state index is 13.4. The van der Waals surface area contributed by atoms with Gasteiger partial charge in [0, 0.05) is 47.1 Å². The molecule has 0 aromatic heterocycles. The molecule has 0 spiro atoms. The van der Waals surface area contributed by atoms with Crippen molar-refractivity contribution in [3.63, 3.8) is 0 Å². The second-order valence-electron chi connectivity index (χ2n) is 16.3. The maximum Gasteiger partial charge on any atom is 0.258 e. The lowest BCUT2D eigenvalue weighted by Gasteiger charge is -2.11. The number of hydrogen-bond donors (Lipinski definition) is 10. The summed E-state index contributed by atoms with van der Waals surface area (Å²) in [6.45, 7) is 1.40. The van der Waals surface area contributed by atoms with Crippen molar-refractivity contribution >= 4 is 96.4 Å². The lowest BCUT2D eigenvalue weighted by Crippen LogP contribution is -2.17. The highest BCUT2D eigenvalue weighted by Gasteiger charge is 2.20. The highest BCUT2D eigenvalue weighted by Crippen LogP contribution is 2.23. The van der Waals surface area contributed by atoms with Crippen LogP contribution in [0.25, 0.3) is 0 Å². The molecule has 14 N–H and O–H groups in total. The quantitative estimate of drug-likeness (QED) is 0.0330. The predicted octanol–water partition coefficient (Wildman–Crippen LogP) is 10.1. The van der Waals surface area contributed by atoms with Crippen molar-refractivity contribution in [1.82, 2.24) is 0 Å². The predicted molar refractivity (Wildman–Crippen MR) is 294 cm³/mol. The van der Waals surface area contributed by atoms with Crippen molar-refractivity contribution in [3.8, 4) is 0 Å². The fourth-order valence-corrected chi connectivity index (χ4v) is 7.00. The van der Waals surface area contributed by atoms with Crippen LogP contribution in [-0.2, 0) is 14.8 Å². The van der Waals surface area contributed by atoms with Crippen molar-refractivity contribution in [2.45, 2.75) is 6.92 Å². The lowest BCUT2D eigenvalue weighted by atomic mass is 10.1. The molecule has 0 aliphatic carbocycles. The zero-order chi connectivity index (χ0) is 57.1. The van der Waals surface area contributed by atoms with Gasteiger partial charge in [0.05, 0.1) is 51.3 Å². The second-order valence-corrected chi connectivity index (χ2v) is 18.0. The first-order valence-electron chi connectivity index (χ1n) is 22.7. The summed E-state index contributed by atoms with van der Waals surface area (Å²) < 4.78 is 90.1. The Labute approximate surface area is 443 Å². The molecule has 0 bridgehead atoms. The molecule has 78 heavy (non-hydrogen) atoms. The average Bonchev–Trinajstić information content (AvgIpc) is 3.39. The van der Waals surface area contributed by atoms with Crippen LogP contribution in [0.1, 0.15) is 48.4 Å². The van der Waals surface area contributed by atoms with Gasteiger partial charge in [0.1, 0.15) is 11.6 Å². The van der Waals surface area contributed by atoms with Crippen LogP contribution in [0.15, 0.2) is 176 Å². The van der Waals surface area contributed by atoms with Crippen LogP contribution < -0.4 is 54.2 Å². The fraction of sp³-hybridized carbons (Fsp3) is 0.0364. The number of halogens is 5. The zero-order valence-corrected chi connectivity index (χ0v) is 42.0. The van der Waals surface area contributed by atoms with Gasteiger partial charge in [-0.15, -0.1) is 0 Å². The monoisotopic (exact) mass is 1090 g/mol. The summed E-state index contributed by atoms with van der Waals surface area (Å²) in [5.74, 6) is -8.67. The molecule has 0 saturated carbocycles. The Morgan fingerprint density at radius 1 is 0.397 bits per heavy atom. The molecular formula is C55H49F5N10O7S. The molecule has 0 atom stereocenters. The maximum atomic E-state index is 13.4. The molecule has 5 amide bonds. The van der Waals surface area contributed by atoms with Crippen LogP contribution in [0.3, 0.4) is 0 Å². The van der Waals surface area contributed by atoms with Crippen LogP contribution in [-0.4, -0.2) is 44.2 Å². The van der Waals surface area contributed by atoms with Crippen molar-refractivity contribution in [2.24, 2.45) is 0 Å². The number of carbonyl (C=O) groups is 5. The molecule has 8 rings (SSSR count). The van der Waals surface area contributed by atoms with Gasteiger partial charge in [-0.1, -0.05) is 36.4 Å².